The van der Waals surface area contributed by atoms with Crippen molar-refractivity contribution >= 4 is 11.9 Å². The van der Waals surface area contributed by atoms with Crippen LogP contribution in [0.4, 0.5) is 0 Å². The van der Waals surface area contributed by atoms with E-state index < -0.39 is 34.9 Å². The fourth-order valence-corrected chi connectivity index (χ4v) is 1.37. The summed E-state index contributed by atoms with van der Waals surface area (Å²) in [6.45, 7) is 5.78. The Labute approximate surface area is 116 Å². The summed E-state index contributed by atoms with van der Waals surface area (Å²) in [4.78, 5) is 22.5. The summed E-state index contributed by atoms with van der Waals surface area (Å²) in [5.74, 6) is -4.57. The molecule has 0 aromatic heterocycles. The fourth-order valence-electron chi connectivity index (χ4n) is 1.37. The number of hydrogen-bond acceptors (Lipinski definition) is 6. The molecule has 8 nitrogen and oxygen atoms in total. The van der Waals surface area contributed by atoms with Crippen molar-refractivity contribution in [3.05, 3.63) is 0 Å². The molecule has 0 radical (unpaired) electrons. The number of carbonyl (C=O) groups is 2. The molecule has 0 aromatic carbocycles. The lowest BCUT2D eigenvalue weighted by Crippen LogP contribution is -2.44. The largest absolute Gasteiger partial charge is 0.479 e. The zero-order valence-corrected chi connectivity index (χ0v) is 11.7. The quantitative estimate of drug-likeness (QED) is 0.703. The van der Waals surface area contributed by atoms with E-state index in [9.17, 15) is 9.59 Å². The number of carboxylic acid groups (broad SMARTS) is 2. The molecular weight excluding hydrogens is 264 g/mol. The van der Waals surface area contributed by atoms with Crippen LogP contribution in [0.3, 0.4) is 0 Å². The van der Waals surface area contributed by atoms with E-state index in [1.54, 1.807) is 0 Å². The minimum absolute atomic E-state index is 0.744. The summed E-state index contributed by atoms with van der Waals surface area (Å²) in [5, 5.41) is 43.2. The van der Waals surface area contributed by atoms with Crippen LogP contribution < -0.4 is 0 Å². The fraction of sp³-hybridized carbons (Fsp3) is 0.667. The zero-order chi connectivity index (χ0) is 16.1. The summed E-state index contributed by atoms with van der Waals surface area (Å²) in [6.07, 6.45) is 0. The Morgan fingerprint density at radius 2 is 1.15 bits per heavy atom. The van der Waals surface area contributed by atoms with E-state index in [0.717, 1.165) is 0 Å². The first-order valence-electron chi connectivity index (χ1n) is 5.84. The minimum Gasteiger partial charge on any atom is -0.479 e. The molecule has 0 heterocycles. The predicted molar refractivity (Wildman–Crippen MR) is 66.5 cm³/mol. The first-order valence-corrected chi connectivity index (χ1v) is 5.84. The van der Waals surface area contributed by atoms with E-state index in [0.29, 0.717) is 0 Å². The van der Waals surface area contributed by atoms with Gasteiger partial charge in [-0.25, -0.2) is 9.59 Å². The van der Waals surface area contributed by atoms with Gasteiger partial charge < -0.3 is 10.2 Å². The molecule has 0 saturated heterocycles. The molecule has 0 aliphatic heterocycles. The third-order valence-corrected chi connectivity index (χ3v) is 3.03. The Hall–Kier alpha value is -2.48. The number of nitriles is 2. The van der Waals surface area contributed by atoms with Gasteiger partial charge in [-0.15, -0.1) is 0 Å². The number of carboxylic acids is 2. The molecule has 0 amide bonds. The van der Waals surface area contributed by atoms with Crippen molar-refractivity contribution in [2.75, 3.05) is 0 Å². The zero-order valence-electron chi connectivity index (χ0n) is 11.7. The lowest BCUT2D eigenvalue weighted by molar-refractivity contribution is -0.145. The Morgan fingerprint density at radius 1 is 0.900 bits per heavy atom. The van der Waals surface area contributed by atoms with Gasteiger partial charge in [-0.2, -0.15) is 20.8 Å². The highest BCUT2D eigenvalue weighted by atomic mass is 16.4. The van der Waals surface area contributed by atoms with E-state index in [4.69, 9.17) is 20.7 Å². The predicted octanol–water partition coefficient (Wildman–Crippen LogP) is 1.44. The smallest absolute Gasteiger partial charge is 0.348 e. The third-order valence-electron chi connectivity index (χ3n) is 3.03. The average Bonchev–Trinajstić information content (AvgIpc) is 2.33. The second kappa shape index (κ2) is 6.11. The first-order chi connectivity index (χ1) is 9.10. The summed E-state index contributed by atoms with van der Waals surface area (Å²) in [6, 6.07) is 3.05. The molecule has 2 N–H and O–H groups in total. The van der Waals surface area contributed by atoms with Crippen LogP contribution >= 0.6 is 0 Å². The summed E-state index contributed by atoms with van der Waals surface area (Å²) in [7, 11) is 0. The number of azo groups is 1. The number of hydrogen-bond donors (Lipinski definition) is 2. The van der Waals surface area contributed by atoms with Gasteiger partial charge in [-0.1, -0.05) is 27.7 Å². The van der Waals surface area contributed by atoms with Gasteiger partial charge in [0.15, 0.2) is 0 Å². The highest BCUT2D eigenvalue weighted by Gasteiger charge is 2.47. The van der Waals surface area contributed by atoms with Gasteiger partial charge in [-0.3, -0.25) is 0 Å². The topological polar surface area (TPSA) is 147 Å². The average molecular weight is 280 g/mol. The molecule has 0 aliphatic carbocycles. The maximum absolute atomic E-state index is 11.2. The van der Waals surface area contributed by atoms with E-state index >= 15 is 0 Å². The standard InChI is InChI=1S/C12H16N4O4/c1-7(2)11(5-13,9(17)18)15-16-12(6-14,8(3)4)10(19)20/h7-8H,1-4H3,(H,17,18)(H,19,20). The van der Waals surface area contributed by atoms with Gasteiger partial charge in [0.05, 0.1) is 0 Å². The SMILES string of the molecule is CC(C)C(C#N)(N=NC(C#N)(C(=O)O)C(C)C)C(=O)O. The Balaban J connectivity index is 5.99. The van der Waals surface area contributed by atoms with Crippen molar-refractivity contribution in [3.63, 3.8) is 0 Å². The van der Waals surface area contributed by atoms with Gasteiger partial charge in [0.25, 0.3) is 11.1 Å². The highest BCUT2D eigenvalue weighted by molar-refractivity contribution is 5.84. The number of rotatable bonds is 6. The van der Waals surface area contributed by atoms with Gasteiger partial charge in [0.1, 0.15) is 12.1 Å². The Bertz CT molecular complexity index is 469. The maximum atomic E-state index is 11.2. The maximum Gasteiger partial charge on any atom is 0.348 e. The second-order valence-corrected chi connectivity index (χ2v) is 4.88. The van der Waals surface area contributed by atoms with E-state index in [1.807, 2.05) is 0 Å². The lowest BCUT2D eigenvalue weighted by Gasteiger charge is -2.24. The Morgan fingerprint density at radius 3 is 1.25 bits per heavy atom. The van der Waals surface area contributed by atoms with Crippen molar-refractivity contribution in [1.82, 2.24) is 0 Å². The van der Waals surface area contributed by atoms with Crippen LogP contribution in [0.15, 0.2) is 10.2 Å². The van der Waals surface area contributed by atoms with Gasteiger partial charge >= 0.3 is 11.9 Å². The highest BCUT2D eigenvalue weighted by Crippen LogP contribution is 2.28. The molecule has 108 valence electrons. The second-order valence-electron chi connectivity index (χ2n) is 4.88. The summed E-state index contributed by atoms with van der Waals surface area (Å²) < 4.78 is 0. The molecule has 2 unspecified atom stereocenters. The molecule has 0 aliphatic rings. The molecule has 8 heteroatoms. The molecule has 20 heavy (non-hydrogen) atoms. The normalized spacial score (nSPS) is 17.2. The van der Waals surface area contributed by atoms with Crippen LogP contribution in [-0.4, -0.2) is 33.2 Å². The Kier molecular flexibility index (Phi) is 5.35. The third kappa shape index (κ3) is 2.75. The molecule has 0 spiro atoms. The van der Waals surface area contributed by atoms with Gasteiger partial charge in [0, 0.05) is 11.8 Å². The molecule has 0 saturated carbocycles. The molecule has 2 atom stereocenters. The number of aliphatic carboxylic acids is 2. The van der Waals surface area contributed by atoms with Crippen LogP contribution in [0.5, 0.6) is 0 Å². The summed E-state index contributed by atoms with van der Waals surface area (Å²) in [5.41, 5.74) is -4.43. The van der Waals surface area contributed by atoms with Crippen molar-refractivity contribution in [2.45, 2.75) is 38.8 Å². The van der Waals surface area contributed by atoms with Gasteiger partial charge in [-0.05, 0) is 0 Å². The van der Waals surface area contributed by atoms with Crippen LogP contribution in [-0.2, 0) is 9.59 Å². The van der Waals surface area contributed by atoms with Crippen LogP contribution in [0.25, 0.3) is 0 Å². The van der Waals surface area contributed by atoms with E-state index in [1.165, 1.54) is 39.8 Å². The monoisotopic (exact) mass is 280 g/mol. The molecule has 0 rings (SSSR count). The van der Waals surface area contributed by atoms with E-state index in [-0.39, 0.29) is 0 Å². The molecular formula is C12H16N4O4. The van der Waals surface area contributed by atoms with Crippen molar-refractivity contribution in [1.29, 1.82) is 10.5 Å². The molecule has 0 bridgehead atoms. The minimum atomic E-state index is -2.22. The van der Waals surface area contributed by atoms with Crippen LogP contribution in [0.2, 0.25) is 0 Å². The van der Waals surface area contributed by atoms with Gasteiger partial charge in [0.2, 0.25) is 0 Å². The van der Waals surface area contributed by atoms with Crippen LogP contribution in [0, 0.1) is 34.5 Å². The van der Waals surface area contributed by atoms with Crippen molar-refractivity contribution in [3.8, 4) is 12.1 Å². The lowest BCUT2D eigenvalue weighted by atomic mass is 9.87. The molecule has 0 fully saturated rings. The van der Waals surface area contributed by atoms with Crippen molar-refractivity contribution in [2.24, 2.45) is 22.1 Å². The van der Waals surface area contributed by atoms with Crippen LogP contribution in [0.1, 0.15) is 27.7 Å². The van der Waals surface area contributed by atoms with Crippen molar-refractivity contribution < 1.29 is 19.8 Å². The number of nitrogens with zero attached hydrogens (tertiary/aromatic N) is 4. The molecule has 0 aromatic rings. The summed E-state index contributed by atoms with van der Waals surface area (Å²) >= 11 is 0. The van der Waals surface area contributed by atoms with E-state index in [2.05, 4.69) is 10.2 Å². The first kappa shape index (κ1) is 17.5.